The smallest absolute Gasteiger partial charge is 0.00925 e. The quantitative estimate of drug-likeness (QED) is 0.553. The van der Waals surface area contributed by atoms with E-state index in [4.69, 9.17) is 0 Å². The Hall–Kier alpha value is -1.30. The van der Waals surface area contributed by atoms with Crippen molar-refractivity contribution in [1.29, 1.82) is 0 Å². The Morgan fingerprint density at radius 3 is 2.33 bits per heavy atom. The van der Waals surface area contributed by atoms with Crippen LogP contribution < -0.4 is 0 Å². The van der Waals surface area contributed by atoms with Crippen molar-refractivity contribution in [3.05, 3.63) is 59.2 Å². The minimum atomic E-state index is 0.667. The lowest BCUT2D eigenvalue weighted by Crippen LogP contribution is -2.40. The zero-order valence-corrected chi connectivity index (χ0v) is 8.85. The van der Waals surface area contributed by atoms with Crippen LogP contribution in [0.2, 0.25) is 0 Å². The van der Waals surface area contributed by atoms with Crippen LogP contribution >= 0.6 is 0 Å². The molecule has 0 N–H and O–H groups in total. The lowest BCUT2D eigenvalue weighted by atomic mass is 9.53. The first-order chi connectivity index (χ1) is 7.36. The fourth-order valence-electron chi connectivity index (χ4n) is 3.77. The Balaban J connectivity index is 1.96. The molecule has 2 bridgehead atoms. The van der Waals surface area contributed by atoms with Crippen LogP contribution in [0.25, 0.3) is 0 Å². The van der Waals surface area contributed by atoms with Crippen molar-refractivity contribution in [2.24, 2.45) is 11.8 Å². The number of hydrogen-bond acceptors (Lipinski definition) is 0. The Morgan fingerprint density at radius 2 is 1.60 bits per heavy atom. The minimum Gasteiger partial charge on any atom is -0.0806 e. The second kappa shape index (κ2) is 2.44. The molecule has 1 aromatic carbocycles. The van der Waals surface area contributed by atoms with Gasteiger partial charge in [-0.05, 0) is 29.9 Å². The van der Waals surface area contributed by atoms with Crippen LogP contribution in [0.5, 0.6) is 0 Å². The largest absolute Gasteiger partial charge is 0.0806 e. The van der Waals surface area contributed by atoms with E-state index in [-0.39, 0.29) is 0 Å². The molecule has 0 radical (unpaired) electrons. The van der Waals surface area contributed by atoms with Gasteiger partial charge in [0.2, 0.25) is 0 Å². The first-order valence-electron chi connectivity index (χ1n) is 5.82. The zero-order valence-electron chi connectivity index (χ0n) is 8.85. The molecule has 15 heavy (non-hydrogen) atoms. The summed E-state index contributed by atoms with van der Waals surface area (Å²) in [6.45, 7) is 2.29. The summed E-state index contributed by atoms with van der Waals surface area (Å²) in [5.41, 5.74) is 4.77. The Morgan fingerprint density at radius 1 is 0.933 bits per heavy atom. The molecule has 4 aliphatic rings. The van der Waals surface area contributed by atoms with Gasteiger partial charge in [-0.2, -0.15) is 0 Å². The predicted octanol–water partition coefficient (Wildman–Crippen LogP) is 3.63. The highest BCUT2D eigenvalue weighted by Crippen LogP contribution is 2.59. The molecule has 0 spiro atoms. The summed E-state index contributed by atoms with van der Waals surface area (Å²) in [5, 5.41) is 0. The van der Waals surface area contributed by atoms with Crippen LogP contribution in [0.15, 0.2) is 48.1 Å². The molecule has 0 saturated heterocycles. The maximum atomic E-state index is 2.47. The molecule has 0 unspecified atom stereocenters. The van der Waals surface area contributed by atoms with Gasteiger partial charge in [0.15, 0.2) is 0 Å². The van der Waals surface area contributed by atoms with Gasteiger partial charge in [0.05, 0.1) is 0 Å². The standard InChI is InChI=1S/C15H14/c1-9-8-14-12-6-7-13(15(9)14)11-5-3-2-4-10(11)12/h2-8,12-15H,1H3/t12-,13-,14-,15+/m0/s1. The molecule has 0 aromatic heterocycles. The molecule has 1 aromatic rings. The van der Waals surface area contributed by atoms with Gasteiger partial charge in [-0.1, -0.05) is 48.1 Å². The normalized spacial score (nSPS) is 39.1. The summed E-state index contributed by atoms with van der Waals surface area (Å²) in [7, 11) is 0. The number of benzene rings is 1. The number of rotatable bonds is 0. The molecule has 0 amide bonds. The molecule has 0 nitrogen and oxygen atoms in total. The van der Waals surface area contributed by atoms with E-state index in [9.17, 15) is 0 Å². The third-order valence-corrected chi connectivity index (χ3v) is 4.44. The van der Waals surface area contributed by atoms with Crippen LogP contribution in [0, 0.1) is 11.8 Å². The SMILES string of the molecule is CC1=C[C@@H]2[C@H]1[C@H]1C=C[C@H]2c2ccccc21. The van der Waals surface area contributed by atoms with Crippen molar-refractivity contribution in [1.82, 2.24) is 0 Å². The summed E-state index contributed by atoms with van der Waals surface area (Å²) in [6.07, 6.45) is 7.34. The lowest BCUT2D eigenvalue weighted by Gasteiger charge is -2.51. The number of allylic oxidation sites excluding steroid dienone is 4. The summed E-state index contributed by atoms with van der Waals surface area (Å²) in [6, 6.07) is 8.99. The van der Waals surface area contributed by atoms with E-state index < -0.39 is 0 Å². The van der Waals surface area contributed by atoms with E-state index >= 15 is 0 Å². The van der Waals surface area contributed by atoms with Crippen LogP contribution in [0.1, 0.15) is 29.9 Å². The fourth-order valence-corrected chi connectivity index (χ4v) is 3.77. The molecule has 0 saturated carbocycles. The average molecular weight is 194 g/mol. The summed E-state index contributed by atoms with van der Waals surface area (Å²) in [5.74, 6) is 2.95. The van der Waals surface area contributed by atoms with E-state index in [2.05, 4.69) is 49.4 Å². The maximum absolute atomic E-state index is 2.47. The average Bonchev–Trinajstić information content (AvgIpc) is 2.27. The predicted molar refractivity (Wildman–Crippen MR) is 61.8 cm³/mol. The highest BCUT2D eigenvalue weighted by molar-refractivity contribution is 5.51. The molecule has 0 heterocycles. The van der Waals surface area contributed by atoms with E-state index in [1.54, 1.807) is 16.7 Å². The minimum absolute atomic E-state index is 0.667. The van der Waals surface area contributed by atoms with Crippen molar-refractivity contribution in [2.75, 3.05) is 0 Å². The van der Waals surface area contributed by atoms with Crippen LogP contribution in [0.4, 0.5) is 0 Å². The number of hydrogen-bond donors (Lipinski definition) is 0. The Kier molecular flexibility index (Phi) is 1.29. The Labute approximate surface area is 90.3 Å². The lowest BCUT2D eigenvalue weighted by molar-refractivity contribution is 0.294. The molecule has 4 aliphatic carbocycles. The molecule has 0 aliphatic heterocycles. The van der Waals surface area contributed by atoms with Gasteiger partial charge in [-0.3, -0.25) is 0 Å². The van der Waals surface area contributed by atoms with Crippen molar-refractivity contribution < 1.29 is 0 Å². The fraction of sp³-hybridized carbons (Fsp3) is 0.333. The molecular formula is C15H14. The van der Waals surface area contributed by atoms with Gasteiger partial charge in [0, 0.05) is 11.8 Å². The summed E-state index contributed by atoms with van der Waals surface area (Å²) in [4.78, 5) is 0. The highest BCUT2D eigenvalue weighted by atomic mass is 14.5. The van der Waals surface area contributed by atoms with Crippen LogP contribution in [-0.2, 0) is 0 Å². The second-order valence-electron chi connectivity index (χ2n) is 5.08. The van der Waals surface area contributed by atoms with Gasteiger partial charge in [-0.15, -0.1) is 0 Å². The topological polar surface area (TPSA) is 0 Å². The first-order valence-corrected chi connectivity index (χ1v) is 5.82. The first kappa shape index (κ1) is 7.92. The van der Waals surface area contributed by atoms with Gasteiger partial charge in [0.25, 0.3) is 0 Å². The molecule has 4 atom stereocenters. The molecular weight excluding hydrogens is 180 g/mol. The van der Waals surface area contributed by atoms with E-state index in [1.807, 2.05) is 0 Å². The van der Waals surface area contributed by atoms with Crippen molar-refractivity contribution in [3.63, 3.8) is 0 Å². The van der Waals surface area contributed by atoms with Gasteiger partial charge >= 0.3 is 0 Å². The van der Waals surface area contributed by atoms with Crippen molar-refractivity contribution in [3.8, 4) is 0 Å². The molecule has 0 heteroatoms. The maximum Gasteiger partial charge on any atom is 0.00925 e. The molecule has 5 rings (SSSR count). The summed E-state index contributed by atoms with van der Waals surface area (Å²) >= 11 is 0. The van der Waals surface area contributed by atoms with Crippen LogP contribution in [-0.4, -0.2) is 0 Å². The van der Waals surface area contributed by atoms with Crippen molar-refractivity contribution in [2.45, 2.75) is 18.8 Å². The summed E-state index contributed by atoms with van der Waals surface area (Å²) < 4.78 is 0. The van der Waals surface area contributed by atoms with E-state index in [1.165, 1.54) is 0 Å². The zero-order chi connectivity index (χ0) is 9.99. The van der Waals surface area contributed by atoms with Gasteiger partial charge in [-0.25, -0.2) is 0 Å². The van der Waals surface area contributed by atoms with Crippen LogP contribution in [0.3, 0.4) is 0 Å². The molecule has 74 valence electrons. The third kappa shape index (κ3) is 0.797. The molecule has 0 fully saturated rings. The van der Waals surface area contributed by atoms with E-state index in [0.717, 1.165) is 11.8 Å². The second-order valence-corrected chi connectivity index (χ2v) is 5.08. The highest BCUT2D eigenvalue weighted by Gasteiger charge is 2.47. The van der Waals surface area contributed by atoms with Gasteiger partial charge < -0.3 is 0 Å². The monoisotopic (exact) mass is 194 g/mol. The Bertz CT molecular complexity index is 493. The van der Waals surface area contributed by atoms with E-state index in [0.29, 0.717) is 11.8 Å². The van der Waals surface area contributed by atoms with Gasteiger partial charge in [0.1, 0.15) is 0 Å². The third-order valence-electron chi connectivity index (χ3n) is 4.44. The van der Waals surface area contributed by atoms with Crippen molar-refractivity contribution >= 4 is 0 Å².